The van der Waals surface area contributed by atoms with Crippen LogP contribution in [0, 0.1) is 6.92 Å². The van der Waals surface area contributed by atoms with Gasteiger partial charge in [-0.1, -0.05) is 30.3 Å². The van der Waals surface area contributed by atoms with Crippen molar-refractivity contribution in [2.45, 2.75) is 20.0 Å². The summed E-state index contributed by atoms with van der Waals surface area (Å²) in [4.78, 5) is 14.9. The summed E-state index contributed by atoms with van der Waals surface area (Å²) in [5.74, 6) is 2.21. The molecule has 1 aliphatic heterocycles. The van der Waals surface area contributed by atoms with Gasteiger partial charge >= 0.3 is 6.03 Å². The number of rotatable bonds is 6. The Labute approximate surface area is 176 Å². The zero-order chi connectivity index (χ0) is 20.9. The fourth-order valence-electron chi connectivity index (χ4n) is 3.34. The highest BCUT2D eigenvalue weighted by Gasteiger charge is 2.18. The van der Waals surface area contributed by atoms with Crippen molar-refractivity contribution in [3.05, 3.63) is 83.4 Å². The van der Waals surface area contributed by atoms with Gasteiger partial charge < -0.3 is 24.4 Å². The molecule has 0 atom stereocenters. The summed E-state index contributed by atoms with van der Waals surface area (Å²) >= 11 is 0. The third-order valence-electron chi connectivity index (χ3n) is 4.90. The Kier molecular flexibility index (Phi) is 5.75. The highest BCUT2D eigenvalue weighted by molar-refractivity contribution is 5.89. The number of nitrogens with zero attached hydrogens (tertiary/aromatic N) is 1. The van der Waals surface area contributed by atoms with Crippen molar-refractivity contribution in [2.24, 2.45) is 0 Å². The molecule has 2 amide bonds. The lowest BCUT2D eigenvalue weighted by Gasteiger charge is -2.24. The first kappa shape index (κ1) is 19.6. The van der Waals surface area contributed by atoms with Crippen molar-refractivity contribution >= 4 is 11.7 Å². The predicted octanol–water partition coefficient (Wildman–Crippen LogP) is 4.97. The number of anilines is 1. The number of carbonyl (C=O) groups excluding carboxylic acids is 1. The lowest BCUT2D eigenvalue weighted by atomic mass is 10.1. The van der Waals surface area contributed by atoms with Crippen LogP contribution < -0.4 is 19.5 Å². The number of fused-ring (bicyclic) bond motifs is 1. The number of methoxy groups -OCH3 is 1. The molecule has 154 valence electrons. The van der Waals surface area contributed by atoms with E-state index >= 15 is 0 Å². The van der Waals surface area contributed by atoms with Gasteiger partial charge in [0.15, 0.2) is 11.5 Å². The maximum Gasteiger partial charge on any atom is 0.322 e. The molecule has 6 nitrogen and oxygen atoms in total. The van der Waals surface area contributed by atoms with E-state index in [1.54, 1.807) is 12.0 Å². The van der Waals surface area contributed by atoms with Crippen LogP contribution in [0.15, 0.2) is 66.7 Å². The van der Waals surface area contributed by atoms with Crippen molar-refractivity contribution < 1.29 is 19.0 Å². The number of amides is 2. The van der Waals surface area contributed by atoms with Crippen LogP contribution in [-0.2, 0) is 13.1 Å². The Balaban J connectivity index is 1.55. The average Bonchev–Trinajstić information content (AvgIpc) is 3.22. The second-order valence-electron chi connectivity index (χ2n) is 7.19. The second-order valence-corrected chi connectivity index (χ2v) is 7.19. The lowest BCUT2D eigenvalue weighted by molar-refractivity contribution is 0.174. The fraction of sp³-hybridized carbons (Fsp3) is 0.208. The number of urea groups is 1. The number of carbonyl (C=O) groups is 1. The Morgan fingerprint density at radius 3 is 2.47 bits per heavy atom. The third kappa shape index (κ3) is 4.66. The van der Waals surface area contributed by atoms with Gasteiger partial charge in [0.1, 0.15) is 5.75 Å². The van der Waals surface area contributed by atoms with E-state index in [0.717, 1.165) is 33.9 Å². The van der Waals surface area contributed by atoms with Gasteiger partial charge in [0.25, 0.3) is 0 Å². The first-order valence-electron chi connectivity index (χ1n) is 9.75. The van der Waals surface area contributed by atoms with E-state index in [1.807, 2.05) is 73.7 Å². The number of aryl methyl sites for hydroxylation is 1. The minimum Gasteiger partial charge on any atom is -0.497 e. The number of benzene rings is 3. The van der Waals surface area contributed by atoms with E-state index in [1.165, 1.54) is 0 Å². The van der Waals surface area contributed by atoms with Gasteiger partial charge in [-0.3, -0.25) is 0 Å². The molecule has 0 spiro atoms. The van der Waals surface area contributed by atoms with Gasteiger partial charge in [0.05, 0.1) is 7.11 Å². The fourth-order valence-corrected chi connectivity index (χ4v) is 3.34. The van der Waals surface area contributed by atoms with Crippen molar-refractivity contribution in [1.29, 1.82) is 0 Å². The van der Waals surface area contributed by atoms with E-state index < -0.39 is 0 Å². The normalized spacial score (nSPS) is 11.8. The smallest absolute Gasteiger partial charge is 0.322 e. The number of nitrogens with one attached hydrogen (secondary N) is 1. The molecule has 1 heterocycles. The minimum absolute atomic E-state index is 0.172. The monoisotopic (exact) mass is 404 g/mol. The molecule has 0 aromatic heterocycles. The summed E-state index contributed by atoms with van der Waals surface area (Å²) < 4.78 is 16.1. The van der Waals surface area contributed by atoms with E-state index in [0.29, 0.717) is 18.8 Å². The first-order valence-corrected chi connectivity index (χ1v) is 9.75. The van der Waals surface area contributed by atoms with E-state index in [4.69, 9.17) is 14.2 Å². The van der Waals surface area contributed by atoms with Crippen molar-refractivity contribution in [2.75, 3.05) is 19.2 Å². The molecule has 1 aliphatic rings. The van der Waals surface area contributed by atoms with Crippen LogP contribution in [0.25, 0.3) is 0 Å². The number of ether oxygens (including phenoxy) is 3. The Bertz CT molecular complexity index is 1030. The molecular weight excluding hydrogens is 380 g/mol. The summed E-state index contributed by atoms with van der Waals surface area (Å²) in [7, 11) is 1.64. The molecule has 3 aromatic rings. The molecule has 6 heteroatoms. The highest BCUT2D eigenvalue weighted by Crippen LogP contribution is 2.33. The van der Waals surface area contributed by atoms with Crippen molar-refractivity contribution in [3.8, 4) is 17.2 Å². The molecule has 0 saturated carbocycles. The van der Waals surface area contributed by atoms with Gasteiger partial charge in [-0.2, -0.15) is 0 Å². The molecule has 4 rings (SSSR count). The van der Waals surface area contributed by atoms with E-state index in [-0.39, 0.29) is 12.8 Å². The molecule has 0 unspecified atom stereocenters. The summed E-state index contributed by atoms with van der Waals surface area (Å²) in [6, 6.07) is 21.1. The maximum atomic E-state index is 13.1. The standard InChI is InChI=1S/C24H24N2O4/c1-17-4-3-5-20(12-17)25-24(27)26(14-18-6-9-21(28-2)10-7-18)15-19-8-11-22-23(13-19)30-16-29-22/h3-13H,14-16H2,1-2H3,(H,25,27). The Morgan fingerprint density at radius 2 is 1.70 bits per heavy atom. The largest absolute Gasteiger partial charge is 0.497 e. The van der Waals surface area contributed by atoms with Gasteiger partial charge in [-0.25, -0.2) is 4.79 Å². The van der Waals surface area contributed by atoms with Gasteiger partial charge in [-0.05, 0) is 60.0 Å². The first-order chi connectivity index (χ1) is 14.6. The van der Waals surface area contributed by atoms with Crippen molar-refractivity contribution in [3.63, 3.8) is 0 Å². The number of hydrogen-bond donors (Lipinski definition) is 1. The second kappa shape index (κ2) is 8.78. The quantitative estimate of drug-likeness (QED) is 0.630. The van der Waals surface area contributed by atoms with Crippen LogP contribution in [-0.4, -0.2) is 24.8 Å². The Hall–Kier alpha value is -3.67. The van der Waals surface area contributed by atoms with Gasteiger partial charge in [0, 0.05) is 18.8 Å². The van der Waals surface area contributed by atoms with Crippen LogP contribution in [0.1, 0.15) is 16.7 Å². The average molecular weight is 404 g/mol. The van der Waals surface area contributed by atoms with Crippen LogP contribution in [0.5, 0.6) is 17.2 Å². The van der Waals surface area contributed by atoms with Gasteiger partial charge in [-0.15, -0.1) is 0 Å². The SMILES string of the molecule is COc1ccc(CN(Cc2ccc3c(c2)OCO3)C(=O)Nc2cccc(C)c2)cc1. The minimum atomic E-state index is -0.172. The molecule has 1 N–H and O–H groups in total. The third-order valence-corrected chi connectivity index (χ3v) is 4.90. The molecule has 3 aromatic carbocycles. The summed E-state index contributed by atoms with van der Waals surface area (Å²) in [5, 5.41) is 3.00. The molecule has 0 aliphatic carbocycles. The predicted molar refractivity (Wildman–Crippen MR) is 115 cm³/mol. The highest BCUT2D eigenvalue weighted by atomic mass is 16.7. The van der Waals surface area contributed by atoms with Crippen LogP contribution in [0.4, 0.5) is 10.5 Å². The van der Waals surface area contributed by atoms with E-state index in [2.05, 4.69) is 5.32 Å². The lowest BCUT2D eigenvalue weighted by Crippen LogP contribution is -2.34. The van der Waals surface area contributed by atoms with Crippen molar-refractivity contribution in [1.82, 2.24) is 4.90 Å². The molecule has 30 heavy (non-hydrogen) atoms. The van der Waals surface area contributed by atoms with Crippen LogP contribution >= 0.6 is 0 Å². The zero-order valence-corrected chi connectivity index (χ0v) is 17.1. The summed E-state index contributed by atoms with van der Waals surface area (Å²) in [5.41, 5.74) is 3.83. The maximum absolute atomic E-state index is 13.1. The van der Waals surface area contributed by atoms with E-state index in [9.17, 15) is 4.79 Å². The number of hydrogen-bond acceptors (Lipinski definition) is 4. The molecule has 0 radical (unpaired) electrons. The molecule has 0 saturated heterocycles. The molecular formula is C24H24N2O4. The summed E-state index contributed by atoms with van der Waals surface area (Å²) in [6.07, 6.45) is 0. The topological polar surface area (TPSA) is 60.0 Å². The molecule has 0 fully saturated rings. The van der Waals surface area contributed by atoms with Gasteiger partial charge in [0.2, 0.25) is 6.79 Å². The Morgan fingerprint density at radius 1 is 0.967 bits per heavy atom. The molecule has 0 bridgehead atoms. The van der Waals surface area contributed by atoms with Crippen LogP contribution in [0.2, 0.25) is 0 Å². The van der Waals surface area contributed by atoms with Crippen LogP contribution in [0.3, 0.4) is 0 Å². The summed E-state index contributed by atoms with van der Waals surface area (Å²) in [6.45, 7) is 3.11. The zero-order valence-electron chi connectivity index (χ0n) is 17.1.